The highest BCUT2D eigenvalue weighted by molar-refractivity contribution is 6.01. The molecule has 0 aliphatic carbocycles. The van der Waals surface area contributed by atoms with Gasteiger partial charge in [0.2, 0.25) is 0 Å². The van der Waals surface area contributed by atoms with Crippen LogP contribution in [0.25, 0.3) is 10.9 Å². The largest absolute Gasteiger partial charge is 0.497 e. The Morgan fingerprint density at radius 2 is 1.88 bits per heavy atom. The summed E-state index contributed by atoms with van der Waals surface area (Å²) in [6.07, 6.45) is 0. The molecule has 0 atom stereocenters. The summed E-state index contributed by atoms with van der Waals surface area (Å²) < 4.78 is 12.0. The van der Waals surface area contributed by atoms with Crippen molar-refractivity contribution in [1.29, 1.82) is 0 Å². The number of aromatic nitrogens is 2. The number of amides is 2. The van der Waals surface area contributed by atoms with Crippen molar-refractivity contribution in [3.05, 3.63) is 46.8 Å². The van der Waals surface area contributed by atoms with Gasteiger partial charge in [0.05, 0.1) is 30.8 Å². The zero-order valence-electron chi connectivity index (χ0n) is 14.0. The number of rotatable bonds is 4. The lowest BCUT2D eigenvalue weighted by molar-refractivity contribution is 0.262. The van der Waals surface area contributed by atoms with E-state index in [1.807, 2.05) is 0 Å². The Kier molecular flexibility index (Phi) is 4.34. The molecule has 0 radical (unpaired) electrons. The molecule has 8 heteroatoms. The summed E-state index contributed by atoms with van der Waals surface area (Å²) >= 11 is 0. The van der Waals surface area contributed by atoms with Crippen molar-refractivity contribution < 1.29 is 14.3 Å². The Morgan fingerprint density at radius 1 is 1.08 bits per heavy atom. The smallest absolute Gasteiger partial charge is 0.323 e. The number of urea groups is 1. The van der Waals surface area contributed by atoms with Gasteiger partial charge in [0.25, 0.3) is 5.56 Å². The average Bonchev–Trinajstić information content (AvgIpc) is 2.89. The minimum atomic E-state index is -0.449. The molecular formula is C17H18N4O4. The second kappa shape index (κ2) is 6.60. The molecule has 0 spiro atoms. The van der Waals surface area contributed by atoms with Crippen molar-refractivity contribution in [2.75, 3.05) is 24.9 Å². The summed E-state index contributed by atoms with van der Waals surface area (Å²) in [5.41, 5.74) is 1.56. The van der Waals surface area contributed by atoms with Crippen LogP contribution < -0.4 is 25.7 Å². The van der Waals surface area contributed by atoms with E-state index in [9.17, 15) is 9.59 Å². The van der Waals surface area contributed by atoms with Gasteiger partial charge in [-0.05, 0) is 30.3 Å². The number of methoxy groups -OCH3 is 2. The van der Waals surface area contributed by atoms with E-state index in [1.165, 1.54) is 7.11 Å². The molecule has 3 rings (SSSR count). The van der Waals surface area contributed by atoms with Gasteiger partial charge in [0.15, 0.2) is 0 Å². The quantitative estimate of drug-likeness (QED) is 0.679. The van der Waals surface area contributed by atoms with Crippen molar-refractivity contribution in [3.8, 4) is 11.5 Å². The lowest BCUT2D eigenvalue weighted by atomic mass is 10.2. The molecule has 0 aliphatic rings. The van der Waals surface area contributed by atoms with Gasteiger partial charge in [0, 0.05) is 18.8 Å². The molecule has 1 heterocycles. The highest BCUT2D eigenvalue weighted by atomic mass is 16.5. The van der Waals surface area contributed by atoms with Crippen molar-refractivity contribution >= 4 is 28.3 Å². The minimum absolute atomic E-state index is 0.210. The molecule has 0 saturated carbocycles. The van der Waals surface area contributed by atoms with Crippen LogP contribution in [0.5, 0.6) is 11.5 Å². The molecule has 3 aromatic rings. The Morgan fingerprint density at radius 3 is 2.60 bits per heavy atom. The molecule has 0 unspecified atom stereocenters. The summed E-state index contributed by atoms with van der Waals surface area (Å²) in [7, 11) is 4.81. The number of H-pyrrole nitrogens is 1. The standard InChI is InChI=1S/C17H18N4O4/c1-21-14-7-4-10(8-12(14)16(22)20-21)18-17(23)19-13-6-5-11(24-2)9-15(13)25-3/h4-9H,1-3H3,(H,20,22)(H2,18,19,23). The third-order valence-electron chi connectivity index (χ3n) is 3.79. The van der Waals surface area contributed by atoms with Crippen LogP contribution in [0.1, 0.15) is 0 Å². The number of fused-ring (bicyclic) bond motifs is 1. The predicted molar refractivity (Wildman–Crippen MR) is 95.7 cm³/mol. The molecule has 2 aromatic carbocycles. The van der Waals surface area contributed by atoms with Crippen LogP contribution in [-0.2, 0) is 7.05 Å². The maximum absolute atomic E-state index is 12.2. The van der Waals surface area contributed by atoms with Gasteiger partial charge in [-0.1, -0.05) is 0 Å². The number of hydrogen-bond donors (Lipinski definition) is 3. The second-order valence-corrected chi connectivity index (χ2v) is 5.38. The molecule has 0 aliphatic heterocycles. The Hall–Kier alpha value is -3.42. The topological polar surface area (TPSA) is 97.4 Å². The number of carbonyl (C=O) groups excluding carboxylic acids is 1. The SMILES string of the molecule is COc1ccc(NC(=O)Nc2ccc3c(c2)c(=O)[nH]n3C)c(OC)c1. The van der Waals surface area contributed by atoms with Crippen LogP contribution in [0.4, 0.5) is 16.2 Å². The number of aromatic amines is 1. The van der Waals surface area contributed by atoms with Crippen molar-refractivity contribution in [1.82, 2.24) is 9.78 Å². The zero-order valence-corrected chi connectivity index (χ0v) is 14.0. The van der Waals surface area contributed by atoms with E-state index in [0.29, 0.717) is 28.3 Å². The van der Waals surface area contributed by atoms with E-state index in [2.05, 4.69) is 15.7 Å². The van der Waals surface area contributed by atoms with Gasteiger partial charge in [-0.25, -0.2) is 4.79 Å². The molecule has 0 saturated heterocycles. The maximum atomic E-state index is 12.2. The monoisotopic (exact) mass is 342 g/mol. The van der Waals surface area contributed by atoms with E-state index in [-0.39, 0.29) is 5.56 Å². The van der Waals surface area contributed by atoms with Gasteiger partial charge >= 0.3 is 6.03 Å². The summed E-state index contributed by atoms with van der Waals surface area (Å²) in [6.45, 7) is 0. The molecule has 3 N–H and O–H groups in total. The van der Waals surface area contributed by atoms with Gasteiger partial charge in [0.1, 0.15) is 11.5 Å². The number of nitrogens with zero attached hydrogens (tertiary/aromatic N) is 1. The molecule has 0 fully saturated rings. The van der Waals surface area contributed by atoms with E-state index < -0.39 is 6.03 Å². The summed E-state index contributed by atoms with van der Waals surface area (Å²) in [6, 6.07) is 9.73. The van der Waals surface area contributed by atoms with Crippen LogP contribution in [-0.4, -0.2) is 30.0 Å². The number of benzene rings is 2. The van der Waals surface area contributed by atoms with Gasteiger partial charge in [-0.15, -0.1) is 0 Å². The molecule has 1 aromatic heterocycles. The summed E-state index contributed by atoms with van der Waals surface area (Å²) in [4.78, 5) is 24.1. The fourth-order valence-corrected chi connectivity index (χ4v) is 2.55. The Labute approximate surface area is 143 Å². The molecular weight excluding hydrogens is 324 g/mol. The molecule has 8 nitrogen and oxygen atoms in total. The van der Waals surface area contributed by atoms with Crippen molar-refractivity contribution in [2.24, 2.45) is 7.05 Å². The Bertz CT molecular complexity index is 990. The fraction of sp³-hybridized carbons (Fsp3) is 0.176. The van der Waals surface area contributed by atoms with Crippen molar-refractivity contribution in [3.63, 3.8) is 0 Å². The number of ether oxygens (including phenoxy) is 2. The fourth-order valence-electron chi connectivity index (χ4n) is 2.55. The minimum Gasteiger partial charge on any atom is -0.497 e. The zero-order chi connectivity index (χ0) is 18.0. The molecule has 2 amide bonds. The highest BCUT2D eigenvalue weighted by Gasteiger charge is 2.10. The van der Waals surface area contributed by atoms with Crippen LogP contribution in [0.15, 0.2) is 41.2 Å². The van der Waals surface area contributed by atoms with E-state index >= 15 is 0 Å². The normalized spacial score (nSPS) is 10.5. The van der Waals surface area contributed by atoms with E-state index in [0.717, 1.165) is 5.52 Å². The second-order valence-electron chi connectivity index (χ2n) is 5.38. The third-order valence-corrected chi connectivity index (χ3v) is 3.79. The van der Waals surface area contributed by atoms with Crippen LogP contribution in [0, 0.1) is 0 Å². The lowest BCUT2D eigenvalue weighted by Crippen LogP contribution is -2.19. The predicted octanol–water partition coefficient (Wildman–Crippen LogP) is 2.53. The number of hydrogen-bond acceptors (Lipinski definition) is 4. The number of anilines is 2. The number of nitrogens with one attached hydrogen (secondary N) is 3. The summed E-state index contributed by atoms with van der Waals surface area (Å²) in [5.74, 6) is 1.10. The Balaban J connectivity index is 1.79. The first kappa shape index (κ1) is 16.4. The lowest BCUT2D eigenvalue weighted by Gasteiger charge is -2.12. The van der Waals surface area contributed by atoms with Gasteiger partial charge in [-0.2, -0.15) is 0 Å². The van der Waals surface area contributed by atoms with Gasteiger partial charge < -0.3 is 20.1 Å². The van der Waals surface area contributed by atoms with E-state index in [1.54, 1.807) is 55.2 Å². The number of aryl methyl sites for hydroxylation is 1. The van der Waals surface area contributed by atoms with Gasteiger partial charge in [-0.3, -0.25) is 14.6 Å². The first-order valence-corrected chi connectivity index (χ1v) is 7.50. The number of carbonyl (C=O) groups is 1. The average molecular weight is 342 g/mol. The van der Waals surface area contributed by atoms with Crippen LogP contribution in [0.2, 0.25) is 0 Å². The molecule has 130 valence electrons. The first-order chi connectivity index (χ1) is 12.0. The molecule has 0 bridgehead atoms. The first-order valence-electron chi connectivity index (χ1n) is 7.50. The van der Waals surface area contributed by atoms with E-state index in [4.69, 9.17) is 9.47 Å². The molecule has 25 heavy (non-hydrogen) atoms. The van der Waals surface area contributed by atoms with Crippen molar-refractivity contribution in [2.45, 2.75) is 0 Å². The van der Waals surface area contributed by atoms with Crippen LogP contribution in [0.3, 0.4) is 0 Å². The summed E-state index contributed by atoms with van der Waals surface area (Å²) in [5, 5.41) is 8.58. The highest BCUT2D eigenvalue weighted by Crippen LogP contribution is 2.29. The van der Waals surface area contributed by atoms with Crippen LogP contribution >= 0.6 is 0 Å². The third kappa shape index (κ3) is 3.27. The maximum Gasteiger partial charge on any atom is 0.323 e.